The van der Waals surface area contributed by atoms with Crippen LogP contribution in [0.5, 0.6) is 5.88 Å². The minimum atomic E-state index is -0.472. The molecular weight excluding hydrogens is 322 g/mol. The van der Waals surface area contributed by atoms with Crippen LogP contribution in [0.2, 0.25) is 0 Å². The average Bonchev–Trinajstić information content (AvgIpc) is 2.61. The van der Waals surface area contributed by atoms with Crippen molar-refractivity contribution in [2.45, 2.75) is 13.5 Å². The normalized spacial score (nSPS) is 10.4. The summed E-state index contributed by atoms with van der Waals surface area (Å²) in [7, 11) is 1.53. The number of carbonyl (C=O) groups is 1. The molecular formula is C17H17N5O3. The molecule has 2 aromatic heterocycles. The van der Waals surface area contributed by atoms with Gasteiger partial charge in [0.1, 0.15) is 11.6 Å². The summed E-state index contributed by atoms with van der Waals surface area (Å²) in [6.45, 7) is 1.71. The lowest BCUT2D eigenvalue weighted by atomic mass is 10.1. The van der Waals surface area contributed by atoms with Gasteiger partial charge in [0.05, 0.1) is 12.8 Å². The van der Waals surface area contributed by atoms with Crippen molar-refractivity contribution in [1.29, 1.82) is 5.26 Å². The van der Waals surface area contributed by atoms with E-state index in [9.17, 15) is 10.1 Å². The van der Waals surface area contributed by atoms with Crippen molar-refractivity contribution in [1.82, 2.24) is 15.4 Å². The Morgan fingerprint density at radius 1 is 1.52 bits per heavy atom. The molecule has 0 saturated heterocycles. The molecule has 0 aromatic carbocycles. The third-order valence-corrected chi connectivity index (χ3v) is 3.03. The van der Waals surface area contributed by atoms with Crippen LogP contribution in [0.3, 0.4) is 0 Å². The Hall–Kier alpha value is -3.31. The molecule has 0 aliphatic rings. The number of ether oxygens (including phenoxy) is 2. The molecule has 0 spiro atoms. The van der Waals surface area contributed by atoms with E-state index in [4.69, 9.17) is 9.47 Å². The van der Waals surface area contributed by atoms with Gasteiger partial charge in [0.15, 0.2) is 6.61 Å². The number of nitriles is 1. The zero-order valence-electron chi connectivity index (χ0n) is 13.9. The van der Waals surface area contributed by atoms with Gasteiger partial charge in [-0.25, -0.2) is 10.4 Å². The monoisotopic (exact) mass is 339 g/mol. The van der Waals surface area contributed by atoms with E-state index >= 15 is 0 Å². The molecule has 8 heteroatoms. The fraction of sp³-hybridized carbons (Fsp3) is 0.235. The zero-order chi connectivity index (χ0) is 18.1. The molecule has 0 aliphatic carbocycles. The summed E-state index contributed by atoms with van der Waals surface area (Å²) in [6, 6.07) is 7.33. The first-order valence-corrected chi connectivity index (χ1v) is 7.38. The summed E-state index contributed by atoms with van der Waals surface area (Å²) >= 11 is 0. The van der Waals surface area contributed by atoms with Crippen LogP contribution < -0.4 is 10.2 Å². The maximum atomic E-state index is 11.8. The van der Waals surface area contributed by atoms with E-state index in [0.29, 0.717) is 11.3 Å². The van der Waals surface area contributed by atoms with Crippen LogP contribution in [-0.4, -0.2) is 35.8 Å². The van der Waals surface area contributed by atoms with Crippen molar-refractivity contribution in [2.75, 3.05) is 13.7 Å². The van der Waals surface area contributed by atoms with Crippen LogP contribution in [0.25, 0.3) is 0 Å². The third-order valence-electron chi connectivity index (χ3n) is 3.03. The van der Waals surface area contributed by atoms with Crippen LogP contribution >= 0.6 is 0 Å². The van der Waals surface area contributed by atoms with E-state index in [1.165, 1.54) is 13.3 Å². The molecule has 128 valence electrons. The molecule has 8 nitrogen and oxygen atoms in total. The van der Waals surface area contributed by atoms with Gasteiger partial charge in [0.25, 0.3) is 5.91 Å². The lowest BCUT2D eigenvalue weighted by Gasteiger charge is -2.10. The van der Waals surface area contributed by atoms with Crippen molar-refractivity contribution < 1.29 is 14.3 Å². The second kappa shape index (κ2) is 9.10. The van der Waals surface area contributed by atoms with Crippen molar-refractivity contribution in [3.8, 4) is 11.9 Å². The standard InChI is InChI=1S/C17H17N5O3/c1-12-6-14(10-24-2)15(7-18)17(21-12)25-11-16(23)22-20-9-13-4-3-5-19-8-13/h3-6,8-9H,10-11H2,1-2H3,(H,22,23)/b20-9+. The van der Waals surface area contributed by atoms with Crippen LogP contribution in [-0.2, 0) is 16.1 Å². The van der Waals surface area contributed by atoms with Crippen LogP contribution in [0.15, 0.2) is 35.7 Å². The van der Waals surface area contributed by atoms with Gasteiger partial charge < -0.3 is 9.47 Å². The van der Waals surface area contributed by atoms with Crippen LogP contribution in [0, 0.1) is 18.3 Å². The van der Waals surface area contributed by atoms with Gasteiger partial charge in [-0.15, -0.1) is 0 Å². The van der Waals surface area contributed by atoms with E-state index in [1.807, 2.05) is 6.07 Å². The largest absolute Gasteiger partial charge is 0.467 e. The fourth-order valence-corrected chi connectivity index (χ4v) is 2.00. The predicted octanol–water partition coefficient (Wildman–Crippen LogP) is 1.33. The Morgan fingerprint density at radius 2 is 2.36 bits per heavy atom. The van der Waals surface area contributed by atoms with Crippen molar-refractivity contribution in [3.05, 3.63) is 53.0 Å². The quantitative estimate of drug-likeness (QED) is 0.602. The molecule has 1 amide bonds. The molecule has 0 unspecified atom stereocenters. The molecule has 0 atom stereocenters. The number of rotatable bonds is 7. The fourth-order valence-electron chi connectivity index (χ4n) is 2.00. The third kappa shape index (κ3) is 5.37. The maximum absolute atomic E-state index is 11.8. The summed E-state index contributed by atoms with van der Waals surface area (Å²) in [6.07, 6.45) is 4.72. The second-order valence-electron chi connectivity index (χ2n) is 5.02. The van der Waals surface area contributed by atoms with E-state index in [1.54, 1.807) is 37.5 Å². The number of amides is 1. The van der Waals surface area contributed by atoms with E-state index in [-0.39, 0.29) is 24.7 Å². The SMILES string of the molecule is COCc1cc(C)nc(OCC(=O)N/N=C/c2cccnc2)c1C#N. The first kappa shape index (κ1) is 18.0. The number of hydrazone groups is 1. The van der Waals surface area contributed by atoms with Gasteiger partial charge in [-0.05, 0) is 19.1 Å². The van der Waals surface area contributed by atoms with Gasteiger partial charge in [0.2, 0.25) is 5.88 Å². The molecule has 2 aromatic rings. The smallest absolute Gasteiger partial charge is 0.278 e. The summed E-state index contributed by atoms with van der Waals surface area (Å²) in [5.41, 5.74) is 4.65. The zero-order valence-corrected chi connectivity index (χ0v) is 13.9. The highest BCUT2D eigenvalue weighted by Gasteiger charge is 2.14. The number of nitrogens with zero attached hydrogens (tertiary/aromatic N) is 4. The van der Waals surface area contributed by atoms with E-state index in [0.717, 1.165) is 5.56 Å². The summed E-state index contributed by atoms with van der Waals surface area (Å²) in [5.74, 6) is -0.374. The molecule has 25 heavy (non-hydrogen) atoms. The molecule has 1 N–H and O–H groups in total. The summed E-state index contributed by atoms with van der Waals surface area (Å²) in [4.78, 5) is 19.9. The van der Waals surface area contributed by atoms with Gasteiger partial charge >= 0.3 is 0 Å². The number of pyridine rings is 2. The van der Waals surface area contributed by atoms with Crippen molar-refractivity contribution >= 4 is 12.1 Å². The van der Waals surface area contributed by atoms with Gasteiger partial charge in [0, 0.05) is 36.3 Å². The highest BCUT2D eigenvalue weighted by Crippen LogP contribution is 2.21. The highest BCUT2D eigenvalue weighted by atomic mass is 16.5. The Bertz CT molecular complexity index is 800. The average molecular weight is 339 g/mol. The molecule has 0 aliphatic heterocycles. The molecule has 0 bridgehead atoms. The number of carbonyl (C=O) groups excluding carboxylic acids is 1. The maximum Gasteiger partial charge on any atom is 0.278 e. The van der Waals surface area contributed by atoms with Gasteiger partial charge in [-0.3, -0.25) is 9.78 Å². The Balaban J connectivity index is 1.97. The Morgan fingerprint density at radius 3 is 3.04 bits per heavy atom. The number of hydrogen-bond donors (Lipinski definition) is 1. The van der Waals surface area contributed by atoms with Crippen LogP contribution in [0.4, 0.5) is 0 Å². The second-order valence-corrected chi connectivity index (χ2v) is 5.02. The van der Waals surface area contributed by atoms with Gasteiger partial charge in [-0.2, -0.15) is 10.4 Å². The number of aryl methyl sites for hydroxylation is 1. The van der Waals surface area contributed by atoms with Gasteiger partial charge in [-0.1, -0.05) is 6.07 Å². The number of methoxy groups -OCH3 is 1. The van der Waals surface area contributed by atoms with Crippen molar-refractivity contribution in [2.24, 2.45) is 5.10 Å². The highest BCUT2D eigenvalue weighted by molar-refractivity contribution is 5.82. The lowest BCUT2D eigenvalue weighted by molar-refractivity contribution is -0.123. The number of hydrogen-bond acceptors (Lipinski definition) is 7. The topological polar surface area (TPSA) is 109 Å². The molecule has 2 rings (SSSR count). The molecule has 0 fully saturated rings. The minimum Gasteiger partial charge on any atom is -0.467 e. The van der Waals surface area contributed by atoms with Crippen molar-refractivity contribution in [3.63, 3.8) is 0 Å². The van der Waals surface area contributed by atoms with E-state index < -0.39 is 5.91 Å². The molecule has 0 radical (unpaired) electrons. The minimum absolute atomic E-state index is 0.0981. The summed E-state index contributed by atoms with van der Waals surface area (Å²) < 4.78 is 10.4. The number of nitrogens with one attached hydrogen (secondary N) is 1. The first-order valence-electron chi connectivity index (χ1n) is 7.38. The Labute approximate surface area is 145 Å². The molecule has 0 saturated carbocycles. The number of aromatic nitrogens is 2. The first-order chi connectivity index (χ1) is 12.1. The lowest BCUT2D eigenvalue weighted by Crippen LogP contribution is -2.25. The Kier molecular flexibility index (Phi) is 6.56. The predicted molar refractivity (Wildman–Crippen MR) is 89.9 cm³/mol. The molecule has 2 heterocycles. The summed E-state index contributed by atoms with van der Waals surface area (Å²) in [5, 5.41) is 13.1. The van der Waals surface area contributed by atoms with Crippen LogP contribution in [0.1, 0.15) is 22.4 Å². The van der Waals surface area contributed by atoms with E-state index in [2.05, 4.69) is 20.5 Å².